The molecule has 0 unspecified atom stereocenters. The van der Waals surface area contributed by atoms with Crippen LogP contribution in [0.15, 0.2) is 65.7 Å². The number of hydrogen-bond donors (Lipinski definition) is 1. The molecular weight excluding hydrogens is 426 g/mol. The largest absolute Gasteiger partial charge is 0.292 e. The fourth-order valence-corrected chi connectivity index (χ4v) is 3.59. The molecule has 33 heavy (non-hydrogen) atoms. The minimum absolute atomic E-state index is 0.0556. The molecule has 2 aromatic carbocycles. The van der Waals surface area contributed by atoms with Crippen molar-refractivity contribution in [3.05, 3.63) is 104 Å². The first kappa shape index (κ1) is 21.6. The number of nitro groups is 1. The molecule has 4 rings (SSSR count). The van der Waals surface area contributed by atoms with Crippen LogP contribution in [0.4, 0.5) is 5.69 Å². The molecule has 0 aliphatic heterocycles. The van der Waals surface area contributed by atoms with Gasteiger partial charge in [0.25, 0.3) is 17.2 Å². The van der Waals surface area contributed by atoms with Crippen molar-refractivity contribution in [2.24, 2.45) is 0 Å². The van der Waals surface area contributed by atoms with Crippen LogP contribution in [0.2, 0.25) is 0 Å². The van der Waals surface area contributed by atoms with Crippen molar-refractivity contribution in [2.45, 2.75) is 20.4 Å². The Morgan fingerprint density at radius 3 is 2.52 bits per heavy atom. The first-order valence-corrected chi connectivity index (χ1v) is 9.98. The molecule has 1 amide bonds. The maximum Gasteiger partial charge on any atom is 0.270 e. The van der Waals surface area contributed by atoms with Gasteiger partial charge in [-0.3, -0.25) is 39.2 Å². The highest BCUT2D eigenvalue weighted by atomic mass is 16.6. The summed E-state index contributed by atoms with van der Waals surface area (Å²) in [5.41, 5.74) is 4.25. The lowest BCUT2D eigenvalue weighted by molar-refractivity contribution is -0.384. The van der Waals surface area contributed by atoms with Gasteiger partial charge in [-0.15, -0.1) is 0 Å². The van der Waals surface area contributed by atoms with Gasteiger partial charge in [-0.25, -0.2) is 4.98 Å². The van der Waals surface area contributed by atoms with E-state index in [9.17, 15) is 24.5 Å². The summed E-state index contributed by atoms with van der Waals surface area (Å²) in [5.74, 6) is -0.690. The fourth-order valence-electron chi connectivity index (χ4n) is 3.59. The van der Waals surface area contributed by atoms with Gasteiger partial charge in [0.15, 0.2) is 5.78 Å². The molecule has 0 fully saturated rings. The third-order valence-corrected chi connectivity index (χ3v) is 5.31. The van der Waals surface area contributed by atoms with E-state index in [0.29, 0.717) is 28.0 Å². The quantitative estimate of drug-likeness (QED) is 0.276. The maximum atomic E-state index is 13.0. The summed E-state index contributed by atoms with van der Waals surface area (Å²) in [6.45, 7) is 3.13. The van der Waals surface area contributed by atoms with Crippen LogP contribution < -0.4 is 11.0 Å². The number of nitrogens with one attached hydrogen (secondary N) is 1. The number of ketones is 1. The van der Waals surface area contributed by atoms with E-state index in [1.807, 2.05) is 6.07 Å². The topological polar surface area (TPSA) is 129 Å². The van der Waals surface area contributed by atoms with Gasteiger partial charge >= 0.3 is 0 Å². The number of Topliss-reactive ketones (excluding diaryl/α,β-unsaturated/α-hetero) is 1. The number of nitro benzene ring substituents is 1. The van der Waals surface area contributed by atoms with Crippen molar-refractivity contribution in [1.29, 1.82) is 0 Å². The van der Waals surface area contributed by atoms with Gasteiger partial charge in [0.05, 0.1) is 28.7 Å². The third kappa shape index (κ3) is 4.13. The Bertz CT molecular complexity index is 1470. The minimum atomic E-state index is -0.597. The van der Waals surface area contributed by atoms with E-state index in [1.165, 1.54) is 23.1 Å². The number of carbonyl (C=O) groups excluding carboxylic acids is 2. The van der Waals surface area contributed by atoms with E-state index in [-0.39, 0.29) is 29.3 Å². The van der Waals surface area contributed by atoms with Crippen LogP contribution in [0.25, 0.3) is 10.9 Å². The monoisotopic (exact) mass is 445 g/mol. The number of hydrogen-bond acceptors (Lipinski definition) is 6. The van der Waals surface area contributed by atoms with Crippen LogP contribution >= 0.6 is 0 Å². The first-order chi connectivity index (χ1) is 15.8. The van der Waals surface area contributed by atoms with Gasteiger partial charge in [-0.05, 0) is 38.1 Å². The Morgan fingerprint density at radius 1 is 1.09 bits per heavy atom. The molecule has 0 aliphatic rings. The summed E-state index contributed by atoms with van der Waals surface area (Å²) in [7, 11) is 0. The number of rotatable bonds is 6. The molecule has 2 aromatic heterocycles. The zero-order valence-corrected chi connectivity index (χ0v) is 17.8. The van der Waals surface area contributed by atoms with Crippen molar-refractivity contribution in [3.8, 4) is 0 Å². The van der Waals surface area contributed by atoms with Crippen LogP contribution in [-0.4, -0.2) is 30.8 Å². The summed E-state index contributed by atoms with van der Waals surface area (Å²) in [6.07, 6.45) is 1.24. The Kier molecular flexibility index (Phi) is 5.57. The third-order valence-electron chi connectivity index (χ3n) is 5.31. The lowest BCUT2D eigenvalue weighted by Crippen LogP contribution is -2.26. The maximum absolute atomic E-state index is 13.0. The molecule has 166 valence electrons. The highest BCUT2D eigenvalue weighted by molar-refractivity contribution is 6.01. The first-order valence-electron chi connectivity index (χ1n) is 9.98. The molecule has 0 bridgehead atoms. The molecule has 0 saturated heterocycles. The Hall–Kier alpha value is -4.60. The van der Waals surface area contributed by atoms with E-state index in [2.05, 4.69) is 10.4 Å². The van der Waals surface area contributed by atoms with E-state index < -0.39 is 10.5 Å². The Morgan fingerprint density at radius 2 is 1.82 bits per heavy atom. The summed E-state index contributed by atoms with van der Waals surface area (Å²) in [5, 5.41) is 11.1. The molecule has 1 N–H and O–H groups in total. The van der Waals surface area contributed by atoms with Crippen LogP contribution in [0.1, 0.15) is 32.1 Å². The molecule has 10 heteroatoms. The molecule has 4 aromatic rings. The second-order valence-electron chi connectivity index (χ2n) is 7.49. The van der Waals surface area contributed by atoms with Crippen molar-refractivity contribution in [3.63, 3.8) is 0 Å². The van der Waals surface area contributed by atoms with Gasteiger partial charge in [-0.2, -0.15) is 0 Å². The summed E-state index contributed by atoms with van der Waals surface area (Å²) in [6, 6.07) is 14.1. The zero-order chi connectivity index (χ0) is 23.7. The zero-order valence-electron chi connectivity index (χ0n) is 17.8. The number of aryl methyl sites for hydroxylation is 1. The molecule has 0 radical (unpaired) electrons. The molecular formula is C23H19N5O5. The number of aromatic nitrogens is 3. The number of non-ortho nitro benzene ring substituents is 1. The van der Waals surface area contributed by atoms with E-state index in [1.54, 1.807) is 44.2 Å². The van der Waals surface area contributed by atoms with Gasteiger partial charge < -0.3 is 0 Å². The Balaban J connectivity index is 1.62. The predicted octanol–water partition coefficient (Wildman–Crippen LogP) is 2.99. The SMILES string of the molecule is Cc1cc(C(=O)Cn2cnc3ccc([N+](=O)[O-])cc3c2=O)c(C)n1NC(=O)c1ccccc1. The second kappa shape index (κ2) is 8.50. The highest BCUT2D eigenvalue weighted by Gasteiger charge is 2.19. The van der Waals surface area contributed by atoms with Gasteiger partial charge in [0.2, 0.25) is 0 Å². The number of fused-ring (bicyclic) bond motifs is 1. The minimum Gasteiger partial charge on any atom is -0.292 e. The lowest BCUT2D eigenvalue weighted by atomic mass is 10.1. The normalized spacial score (nSPS) is 10.8. The molecule has 2 heterocycles. The average molecular weight is 445 g/mol. The number of nitrogens with zero attached hydrogens (tertiary/aromatic N) is 4. The molecule has 0 spiro atoms. The Labute approximate surface area is 187 Å². The average Bonchev–Trinajstić information content (AvgIpc) is 3.09. The number of benzene rings is 2. The van der Waals surface area contributed by atoms with Crippen LogP contribution in [0.3, 0.4) is 0 Å². The number of carbonyl (C=O) groups is 2. The van der Waals surface area contributed by atoms with Crippen LogP contribution in [0, 0.1) is 24.0 Å². The summed E-state index contributed by atoms with van der Waals surface area (Å²) >= 11 is 0. The van der Waals surface area contributed by atoms with E-state index >= 15 is 0 Å². The molecule has 10 nitrogen and oxygen atoms in total. The second-order valence-corrected chi connectivity index (χ2v) is 7.49. The predicted molar refractivity (Wildman–Crippen MR) is 121 cm³/mol. The molecule has 0 aliphatic carbocycles. The van der Waals surface area contributed by atoms with Crippen LogP contribution in [0.5, 0.6) is 0 Å². The summed E-state index contributed by atoms with van der Waals surface area (Å²) in [4.78, 5) is 52.9. The van der Waals surface area contributed by atoms with Crippen molar-refractivity contribution in [2.75, 3.05) is 5.43 Å². The highest BCUT2D eigenvalue weighted by Crippen LogP contribution is 2.18. The van der Waals surface area contributed by atoms with E-state index in [4.69, 9.17) is 0 Å². The van der Waals surface area contributed by atoms with Crippen molar-refractivity contribution in [1.82, 2.24) is 14.2 Å². The standard InChI is InChI=1S/C23H19N5O5/c1-14-10-18(15(2)27(14)25-22(30)16-6-4-3-5-7-16)21(29)12-26-13-24-20-9-8-17(28(32)33)11-19(20)23(26)31/h3-11,13H,12H2,1-2H3,(H,25,30). The van der Waals surface area contributed by atoms with Gasteiger partial charge in [0.1, 0.15) is 0 Å². The fraction of sp³-hybridized carbons (Fsp3) is 0.130. The van der Waals surface area contributed by atoms with Crippen LogP contribution in [-0.2, 0) is 6.54 Å². The van der Waals surface area contributed by atoms with Gasteiger partial charge in [0, 0.05) is 34.6 Å². The lowest BCUT2D eigenvalue weighted by Gasteiger charge is -2.12. The van der Waals surface area contributed by atoms with Crippen molar-refractivity contribution < 1.29 is 14.5 Å². The van der Waals surface area contributed by atoms with E-state index in [0.717, 1.165) is 10.6 Å². The number of amides is 1. The van der Waals surface area contributed by atoms with Gasteiger partial charge in [-0.1, -0.05) is 18.2 Å². The van der Waals surface area contributed by atoms with Crippen molar-refractivity contribution >= 4 is 28.3 Å². The molecule has 0 atom stereocenters. The molecule has 0 saturated carbocycles. The summed E-state index contributed by atoms with van der Waals surface area (Å²) < 4.78 is 2.64. The smallest absolute Gasteiger partial charge is 0.270 e.